The number of amides is 6. The molecule has 0 fully saturated rings. The smallest absolute Gasteiger partial charge is 0.312 e. The third-order valence-corrected chi connectivity index (χ3v) is 5.79. The van der Waals surface area contributed by atoms with Gasteiger partial charge in [0.1, 0.15) is 12.9 Å². The molecule has 0 radical (unpaired) electrons. The van der Waals surface area contributed by atoms with E-state index < -0.39 is 6.03 Å². The summed E-state index contributed by atoms with van der Waals surface area (Å²) in [6.07, 6.45) is 10.6. The van der Waals surface area contributed by atoms with Crippen LogP contribution in [0.3, 0.4) is 0 Å². The lowest BCUT2D eigenvalue weighted by atomic mass is 10.2. The molecule has 15 nitrogen and oxygen atoms in total. The Hall–Kier alpha value is -4.63. The number of nitrogens with zero attached hydrogens (tertiary/aromatic N) is 1. The average Bonchev–Trinajstić information content (AvgIpc) is 3.12. The molecule has 0 bridgehead atoms. The molecule has 6 amide bonds. The van der Waals surface area contributed by atoms with Crippen LogP contribution in [0.25, 0.3) is 0 Å². The van der Waals surface area contributed by atoms with Crippen molar-refractivity contribution in [3.63, 3.8) is 0 Å². The van der Waals surface area contributed by atoms with E-state index in [9.17, 15) is 33.6 Å². The molecule has 1 aromatic carbocycles. The standard InChI is InChI=1S/C14H19N3O4.C11H18N2O3.C5H10O.C4H11N.C2H6.CH5N/c15-14(20)16-8-2-1-3-13(19)17-12-6-4-11(5-7-12)9-21-10-18;1-2-6-11(16)13(9-14)8-5-3-4-7-10(12)15;1-5(2)3-4-6;1-3-4-5-2;2*1-2/h4-7,10H,1-3,8-9H2,(H,17,19)(H3,15,16,20);2,6,9H,3-5,7-8H2,1H3,(H2,12,15);4-5H,3H2,1-2H3;5H,3-4H2,1-2H3;1-2H3;2H2,1H3/b;6-2-;;;;. The Kier molecular flexibility index (Phi) is 50.6. The summed E-state index contributed by atoms with van der Waals surface area (Å²) in [6, 6.07) is 6.48. The van der Waals surface area contributed by atoms with E-state index in [0.29, 0.717) is 82.5 Å². The number of hydrogen-bond acceptors (Lipinski definition) is 10. The van der Waals surface area contributed by atoms with E-state index in [1.165, 1.54) is 19.5 Å². The van der Waals surface area contributed by atoms with Gasteiger partial charge >= 0.3 is 6.03 Å². The van der Waals surface area contributed by atoms with Crippen LogP contribution in [0.15, 0.2) is 36.4 Å². The van der Waals surface area contributed by atoms with Gasteiger partial charge in [-0.15, -0.1) is 0 Å². The van der Waals surface area contributed by atoms with E-state index in [0.717, 1.165) is 29.7 Å². The number of carbonyl (C=O) groups excluding carboxylic acids is 7. The lowest BCUT2D eigenvalue weighted by molar-refractivity contribution is -0.134. The molecular formula is C37H69N7O8. The fourth-order valence-electron chi connectivity index (χ4n) is 3.31. The first-order valence-corrected chi connectivity index (χ1v) is 17.7. The lowest BCUT2D eigenvalue weighted by Crippen LogP contribution is -2.30. The summed E-state index contributed by atoms with van der Waals surface area (Å²) >= 11 is 0. The Bertz CT molecular complexity index is 1050. The summed E-state index contributed by atoms with van der Waals surface area (Å²) in [7, 11) is 3.46. The number of ether oxygens (including phenoxy) is 1. The van der Waals surface area contributed by atoms with Gasteiger partial charge in [0.05, 0.1) is 0 Å². The summed E-state index contributed by atoms with van der Waals surface area (Å²) in [5.74, 6) is -0.196. The highest BCUT2D eigenvalue weighted by molar-refractivity contribution is 5.94. The van der Waals surface area contributed by atoms with Gasteiger partial charge < -0.3 is 42.7 Å². The second kappa shape index (κ2) is 46.4. The van der Waals surface area contributed by atoms with Gasteiger partial charge in [-0.1, -0.05) is 59.2 Å². The molecule has 1 rings (SSSR count). The summed E-state index contributed by atoms with van der Waals surface area (Å²) < 4.78 is 4.63. The number of nitrogens with one attached hydrogen (secondary N) is 3. The van der Waals surface area contributed by atoms with E-state index in [1.54, 1.807) is 37.3 Å². The highest BCUT2D eigenvalue weighted by atomic mass is 16.5. The van der Waals surface area contributed by atoms with Crippen LogP contribution in [0, 0.1) is 5.92 Å². The van der Waals surface area contributed by atoms with E-state index >= 15 is 0 Å². The zero-order valence-electron chi connectivity index (χ0n) is 32.9. The first-order valence-electron chi connectivity index (χ1n) is 17.7. The van der Waals surface area contributed by atoms with Gasteiger partial charge in [0, 0.05) is 38.0 Å². The molecule has 52 heavy (non-hydrogen) atoms. The molecule has 0 aliphatic rings. The second-order valence-electron chi connectivity index (χ2n) is 10.7. The fraction of sp³-hybridized carbons (Fsp3) is 0.595. The number of primary amides is 2. The summed E-state index contributed by atoms with van der Waals surface area (Å²) in [4.78, 5) is 75.2. The number of allylic oxidation sites excluding steroid dienone is 1. The Balaban J connectivity index is -0.000000208. The van der Waals surface area contributed by atoms with Gasteiger partial charge in [0.15, 0.2) is 0 Å². The number of nitrogens with two attached hydrogens (primary N) is 3. The van der Waals surface area contributed by atoms with E-state index in [-0.39, 0.29) is 24.3 Å². The maximum Gasteiger partial charge on any atom is 0.312 e. The fourth-order valence-corrected chi connectivity index (χ4v) is 3.31. The minimum Gasteiger partial charge on any atom is -0.463 e. The zero-order valence-corrected chi connectivity index (χ0v) is 32.9. The van der Waals surface area contributed by atoms with Crippen molar-refractivity contribution in [1.82, 2.24) is 15.5 Å². The molecular weight excluding hydrogens is 670 g/mol. The molecule has 9 N–H and O–H groups in total. The highest BCUT2D eigenvalue weighted by Gasteiger charge is 2.08. The number of carbonyl (C=O) groups is 7. The molecule has 0 saturated carbocycles. The molecule has 0 aromatic heterocycles. The van der Waals surface area contributed by atoms with Crippen LogP contribution in [0.5, 0.6) is 0 Å². The monoisotopic (exact) mass is 740 g/mol. The Morgan fingerprint density at radius 2 is 1.48 bits per heavy atom. The van der Waals surface area contributed by atoms with Crippen molar-refractivity contribution in [2.24, 2.45) is 23.1 Å². The largest absolute Gasteiger partial charge is 0.463 e. The van der Waals surface area contributed by atoms with Crippen LogP contribution in [0.4, 0.5) is 10.5 Å². The molecule has 15 heteroatoms. The van der Waals surface area contributed by atoms with Crippen LogP contribution < -0.4 is 33.2 Å². The Morgan fingerprint density at radius 3 is 1.88 bits per heavy atom. The normalized spacial score (nSPS) is 9.19. The van der Waals surface area contributed by atoms with Gasteiger partial charge in [-0.2, -0.15) is 0 Å². The van der Waals surface area contributed by atoms with E-state index in [4.69, 9.17) is 11.5 Å². The van der Waals surface area contributed by atoms with Crippen LogP contribution >= 0.6 is 0 Å². The number of aldehydes is 1. The maximum absolute atomic E-state index is 11.7. The van der Waals surface area contributed by atoms with Gasteiger partial charge in [-0.25, -0.2) is 4.79 Å². The molecule has 0 unspecified atom stereocenters. The molecule has 0 heterocycles. The molecule has 0 saturated heterocycles. The van der Waals surface area contributed by atoms with Gasteiger partial charge in [0.25, 0.3) is 12.4 Å². The van der Waals surface area contributed by atoms with Crippen LogP contribution in [-0.4, -0.2) is 81.6 Å². The molecule has 0 aliphatic carbocycles. The number of imide groups is 1. The summed E-state index contributed by atoms with van der Waals surface area (Å²) in [6.45, 7) is 14.5. The number of urea groups is 1. The molecule has 300 valence electrons. The van der Waals surface area contributed by atoms with Crippen LogP contribution in [-0.2, 0) is 40.1 Å². The third-order valence-electron chi connectivity index (χ3n) is 5.79. The number of hydrogen-bond donors (Lipinski definition) is 6. The third kappa shape index (κ3) is 47.5. The minimum absolute atomic E-state index is 0.0917. The SMILES string of the molecule is C/C=C\C(=O)N(C=O)CCCCCC(N)=O.CC.CC(C)CC=O.CCCNC.CN.NC(=O)NCCCCC(=O)Nc1ccc(COC=O)cc1. The van der Waals surface area contributed by atoms with Crippen LogP contribution in [0.1, 0.15) is 105 Å². The average molecular weight is 740 g/mol. The second-order valence-corrected chi connectivity index (χ2v) is 10.7. The topological polar surface area (TPSA) is 246 Å². The van der Waals surface area contributed by atoms with E-state index in [1.807, 2.05) is 34.7 Å². The first kappa shape index (κ1) is 56.7. The van der Waals surface area contributed by atoms with Gasteiger partial charge in [0.2, 0.25) is 18.2 Å². The first-order chi connectivity index (χ1) is 24.9. The predicted molar refractivity (Wildman–Crippen MR) is 209 cm³/mol. The molecule has 1 aromatic rings. The Labute approximate surface area is 312 Å². The van der Waals surface area contributed by atoms with Crippen molar-refractivity contribution in [2.75, 3.05) is 39.0 Å². The number of benzene rings is 1. The quantitative estimate of drug-likeness (QED) is 0.0596. The summed E-state index contributed by atoms with van der Waals surface area (Å²) in [5, 5.41) is 8.24. The predicted octanol–water partition coefficient (Wildman–Crippen LogP) is 4.18. The van der Waals surface area contributed by atoms with Crippen molar-refractivity contribution in [3.05, 3.63) is 42.0 Å². The lowest BCUT2D eigenvalue weighted by Gasteiger charge is -2.12. The number of anilines is 1. The van der Waals surface area contributed by atoms with Gasteiger partial charge in [-0.3, -0.25) is 28.9 Å². The zero-order chi connectivity index (χ0) is 41.0. The maximum atomic E-state index is 11.7. The summed E-state index contributed by atoms with van der Waals surface area (Å²) in [5.41, 5.74) is 15.9. The van der Waals surface area contributed by atoms with Crippen molar-refractivity contribution >= 4 is 48.6 Å². The number of rotatable bonds is 21. The van der Waals surface area contributed by atoms with Crippen molar-refractivity contribution in [3.8, 4) is 0 Å². The van der Waals surface area contributed by atoms with Crippen molar-refractivity contribution in [1.29, 1.82) is 0 Å². The van der Waals surface area contributed by atoms with Crippen molar-refractivity contribution < 1.29 is 38.3 Å². The highest BCUT2D eigenvalue weighted by Crippen LogP contribution is 2.11. The van der Waals surface area contributed by atoms with Crippen LogP contribution in [0.2, 0.25) is 0 Å². The Morgan fingerprint density at radius 1 is 0.885 bits per heavy atom. The van der Waals surface area contributed by atoms with Crippen molar-refractivity contribution in [2.45, 2.75) is 106 Å². The molecule has 0 atom stereocenters. The molecule has 0 aliphatic heterocycles. The number of unbranched alkanes of at least 4 members (excludes halogenated alkanes) is 3. The minimum atomic E-state index is -0.557. The molecule has 0 spiro atoms. The van der Waals surface area contributed by atoms with E-state index in [2.05, 4.69) is 33.3 Å². The van der Waals surface area contributed by atoms with Gasteiger partial charge in [-0.05, 0) is 89.4 Å².